The normalized spacial score (nSPS) is 10.6. The maximum absolute atomic E-state index is 5.76. The van der Waals surface area contributed by atoms with E-state index in [1.165, 1.54) is 0 Å². The van der Waals surface area contributed by atoms with Crippen LogP contribution in [0.3, 0.4) is 0 Å². The number of imidazole rings is 1. The molecule has 1 heterocycles. The molecule has 0 bridgehead atoms. The Morgan fingerprint density at radius 1 is 1.35 bits per heavy atom. The first kappa shape index (κ1) is 11.7. The summed E-state index contributed by atoms with van der Waals surface area (Å²) in [7, 11) is 1.66. The Morgan fingerprint density at radius 3 is 2.65 bits per heavy atom. The lowest BCUT2D eigenvalue weighted by Gasteiger charge is -2.12. The van der Waals surface area contributed by atoms with Gasteiger partial charge in [-0.3, -0.25) is 0 Å². The molecule has 1 aromatic carbocycles. The molecule has 2 rings (SSSR count). The third-order valence-electron chi connectivity index (χ3n) is 3.02. The third-order valence-corrected chi connectivity index (χ3v) is 3.02. The number of aryl methyl sites for hydroxylation is 1. The number of hydrogen-bond acceptors (Lipinski definition) is 3. The van der Waals surface area contributed by atoms with Crippen LogP contribution in [0.4, 0.5) is 0 Å². The van der Waals surface area contributed by atoms with Crippen molar-refractivity contribution < 1.29 is 4.74 Å². The standard InChI is InChI=1S/C13H17N3O/c1-9-10(2)16(8-15-9)13-6-12(17-3)5-4-11(13)7-14/h4-6,8H,7,14H2,1-3H3. The van der Waals surface area contributed by atoms with Crippen LogP contribution in [-0.2, 0) is 6.54 Å². The maximum atomic E-state index is 5.76. The smallest absolute Gasteiger partial charge is 0.120 e. The Balaban J connectivity index is 2.60. The van der Waals surface area contributed by atoms with Gasteiger partial charge in [0, 0.05) is 18.3 Å². The summed E-state index contributed by atoms with van der Waals surface area (Å²) in [6.07, 6.45) is 1.82. The molecule has 90 valence electrons. The summed E-state index contributed by atoms with van der Waals surface area (Å²) in [5, 5.41) is 0. The van der Waals surface area contributed by atoms with Gasteiger partial charge in [-0.15, -0.1) is 0 Å². The van der Waals surface area contributed by atoms with E-state index in [1.807, 2.05) is 42.9 Å². The van der Waals surface area contributed by atoms with Gasteiger partial charge in [0.05, 0.1) is 24.8 Å². The van der Waals surface area contributed by atoms with Gasteiger partial charge in [-0.2, -0.15) is 0 Å². The number of aromatic nitrogens is 2. The van der Waals surface area contributed by atoms with Crippen LogP contribution in [0.1, 0.15) is 17.0 Å². The lowest BCUT2D eigenvalue weighted by Crippen LogP contribution is -2.05. The molecule has 1 aromatic heterocycles. The second-order valence-electron chi connectivity index (χ2n) is 3.98. The minimum atomic E-state index is 0.496. The number of hydrogen-bond donors (Lipinski definition) is 1. The summed E-state index contributed by atoms with van der Waals surface area (Å²) in [5.41, 5.74) is 10.0. The highest BCUT2D eigenvalue weighted by Crippen LogP contribution is 2.23. The summed E-state index contributed by atoms with van der Waals surface area (Å²) >= 11 is 0. The first-order valence-corrected chi connectivity index (χ1v) is 5.55. The Hall–Kier alpha value is -1.81. The van der Waals surface area contributed by atoms with Gasteiger partial charge in [-0.05, 0) is 25.5 Å². The van der Waals surface area contributed by atoms with E-state index in [1.54, 1.807) is 7.11 Å². The Bertz CT molecular complexity index is 531. The van der Waals surface area contributed by atoms with E-state index < -0.39 is 0 Å². The van der Waals surface area contributed by atoms with Crippen molar-refractivity contribution >= 4 is 0 Å². The zero-order chi connectivity index (χ0) is 12.4. The maximum Gasteiger partial charge on any atom is 0.120 e. The lowest BCUT2D eigenvalue weighted by molar-refractivity contribution is 0.414. The topological polar surface area (TPSA) is 53.1 Å². The predicted octanol–water partition coefficient (Wildman–Crippen LogP) is 1.96. The molecule has 4 nitrogen and oxygen atoms in total. The fourth-order valence-corrected chi connectivity index (χ4v) is 1.81. The van der Waals surface area contributed by atoms with E-state index in [4.69, 9.17) is 10.5 Å². The van der Waals surface area contributed by atoms with Crippen molar-refractivity contribution in [3.63, 3.8) is 0 Å². The third kappa shape index (κ3) is 2.03. The predicted molar refractivity (Wildman–Crippen MR) is 67.5 cm³/mol. The molecule has 2 N–H and O–H groups in total. The Labute approximate surface area is 101 Å². The van der Waals surface area contributed by atoms with Crippen molar-refractivity contribution in [1.82, 2.24) is 9.55 Å². The summed E-state index contributed by atoms with van der Waals surface area (Å²) in [6.45, 7) is 4.53. The second-order valence-corrected chi connectivity index (χ2v) is 3.98. The van der Waals surface area contributed by atoms with E-state index in [9.17, 15) is 0 Å². The molecule has 0 atom stereocenters. The van der Waals surface area contributed by atoms with Gasteiger partial charge in [-0.1, -0.05) is 6.07 Å². The summed E-state index contributed by atoms with van der Waals surface area (Å²) < 4.78 is 7.29. The second kappa shape index (κ2) is 4.59. The highest BCUT2D eigenvalue weighted by atomic mass is 16.5. The van der Waals surface area contributed by atoms with E-state index in [2.05, 4.69) is 4.98 Å². The van der Waals surface area contributed by atoms with Gasteiger partial charge in [0.1, 0.15) is 5.75 Å². The molecule has 0 aliphatic rings. The number of methoxy groups -OCH3 is 1. The van der Waals surface area contributed by atoms with Crippen LogP contribution in [0.2, 0.25) is 0 Å². The molecule has 0 radical (unpaired) electrons. The van der Waals surface area contributed by atoms with Crippen LogP contribution in [0, 0.1) is 13.8 Å². The SMILES string of the molecule is COc1ccc(CN)c(-n2cnc(C)c2C)c1. The number of ether oxygens (including phenoxy) is 1. The highest BCUT2D eigenvalue weighted by Gasteiger charge is 2.09. The number of nitrogens with zero attached hydrogens (tertiary/aromatic N) is 2. The summed E-state index contributed by atoms with van der Waals surface area (Å²) in [4.78, 5) is 4.30. The molecule has 4 heteroatoms. The van der Waals surface area contributed by atoms with Crippen molar-refractivity contribution in [3.05, 3.63) is 41.5 Å². The van der Waals surface area contributed by atoms with Crippen molar-refractivity contribution in [2.75, 3.05) is 7.11 Å². The molecule has 0 spiro atoms. The average molecular weight is 231 g/mol. The van der Waals surface area contributed by atoms with Crippen LogP contribution < -0.4 is 10.5 Å². The molecule has 0 amide bonds. The van der Waals surface area contributed by atoms with Gasteiger partial charge < -0.3 is 15.0 Å². The quantitative estimate of drug-likeness (QED) is 0.878. The molecule has 0 saturated heterocycles. The minimum absolute atomic E-state index is 0.496. The fourth-order valence-electron chi connectivity index (χ4n) is 1.81. The zero-order valence-corrected chi connectivity index (χ0v) is 10.4. The van der Waals surface area contributed by atoms with Crippen molar-refractivity contribution in [2.24, 2.45) is 5.73 Å². The molecule has 17 heavy (non-hydrogen) atoms. The largest absolute Gasteiger partial charge is 0.497 e. The van der Waals surface area contributed by atoms with Crippen LogP contribution in [-0.4, -0.2) is 16.7 Å². The van der Waals surface area contributed by atoms with Crippen molar-refractivity contribution in [1.29, 1.82) is 0 Å². The van der Waals surface area contributed by atoms with Gasteiger partial charge in [0.2, 0.25) is 0 Å². The van der Waals surface area contributed by atoms with Crippen molar-refractivity contribution in [2.45, 2.75) is 20.4 Å². The van der Waals surface area contributed by atoms with Crippen LogP contribution in [0.25, 0.3) is 5.69 Å². The molecular formula is C13H17N3O. The lowest BCUT2D eigenvalue weighted by atomic mass is 10.1. The minimum Gasteiger partial charge on any atom is -0.497 e. The van der Waals surface area contributed by atoms with Crippen LogP contribution >= 0.6 is 0 Å². The first-order chi connectivity index (χ1) is 8.17. The van der Waals surface area contributed by atoms with Crippen molar-refractivity contribution in [3.8, 4) is 11.4 Å². The van der Waals surface area contributed by atoms with E-state index in [0.29, 0.717) is 6.54 Å². The molecular weight excluding hydrogens is 214 g/mol. The average Bonchev–Trinajstić information content (AvgIpc) is 2.69. The first-order valence-electron chi connectivity index (χ1n) is 5.55. The van der Waals surface area contributed by atoms with Crippen LogP contribution in [0.15, 0.2) is 24.5 Å². The van der Waals surface area contributed by atoms with E-state index in [-0.39, 0.29) is 0 Å². The molecule has 0 saturated carbocycles. The van der Waals surface area contributed by atoms with Gasteiger partial charge in [0.25, 0.3) is 0 Å². The van der Waals surface area contributed by atoms with Gasteiger partial charge >= 0.3 is 0 Å². The summed E-state index contributed by atoms with van der Waals surface area (Å²) in [5.74, 6) is 0.822. The molecule has 0 aliphatic carbocycles. The highest BCUT2D eigenvalue weighted by molar-refractivity contribution is 5.48. The number of rotatable bonds is 3. The van der Waals surface area contributed by atoms with Gasteiger partial charge in [-0.25, -0.2) is 4.98 Å². The molecule has 0 fully saturated rings. The Morgan fingerprint density at radius 2 is 2.12 bits per heavy atom. The number of nitrogens with two attached hydrogens (primary N) is 1. The fraction of sp³-hybridized carbons (Fsp3) is 0.308. The molecule has 0 aliphatic heterocycles. The monoisotopic (exact) mass is 231 g/mol. The summed E-state index contributed by atoms with van der Waals surface area (Å²) in [6, 6.07) is 5.89. The van der Waals surface area contributed by atoms with Gasteiger partial charge in [0.15, 0.2) is 0 Å². The zero-order valence-electron chi connectivity index (χ0n) is 10.4. The van der Waals surface area contributed by atoms with Crippen LogP contribution in [0.5, 0.6) is 5.75 Å². The molecule has 2 aromatic rings. The molecule has 0 unspecified atom stereocenters. The number of benzene rings is 1. The Kier molecular flexibility index (Phi) is 3.15. The van der Waals surface area contributed by atoms with E-state index in [0.717, 1.165) is 28.4 Å². The van der Waals surface area contributed by atoms with E-state index >= 15 is 0 Å².